The van der Waals surface area contributed by atoms with E-state index in [2.05, 4.69) is 10.1 Å². The van der Waals surface area contributed by atoms with Crippen LogP contribution in [0.15, 0.2) is 48.5 Å². The summed E-state index contributed by atoms with van der Waals surface area (Å²) < 4.78 is 51.4. The van der Waals surface area contributed by atoms with Crippen LogP contribution in [0.25, 0.3) is 6.08 Å². The van der Waals surface area contributed by atoms with Crippen molar-refractivity contribution in [2.45, 2.75) is 12.7 Å². The minimum atomic E-state index is -4.38. The molecule has 0 spiro atoms. The number of halogens is 3. The third-order valence-electron chi connectivity index (χ3n) is 3.65. The van der Waals surface area contributed by atoms with Gasteiger partial charge in [-0.05, 0) is 35.9 Å². The largest absolute Gasteiger partial charge is 0.497 e. The van der Waals surface area contributed by atoms with Crippen molar-refractivity contribution < 1.29 is 32.2 Å². The Morgan fingerprint density at radius 1 is 1.04 bits per heavy atom. The molecule has 0 aliphatic heterocycles. The van der Waals surface area contributed by atoms with Gasteiger partial charge in [-0.25, -0.2) is 0 Å². The number of methoxy groups -OCH3 is 2. The number of amides is 1. The van der Waals surface area contributed by atoms with E-state index in [0.29, 0.717) is 17.1 Å². The summed E-state index contributed by atoms with van der Waals surface area (Å²) in [5.74, 6) is 0.994. The van der Waals surface area contributed by atoms with E-state index in [4.69, 9.17) is 9.47 Å². The Bertz CT molecular complexity index is 817. The van der Waals surface area contributed by atoms with Crippen LogP contribution in [0.1, 0.15) is 11.1 Å². The first-order valence-corrected chi connectivity index (χ1v) is 8.27. The van der Waals surface area contributed by atoms with Gasteiger partial charge in [0.2, 0.25) is 5.91 Å². The molecule has 0 bridgehead atoms. The van der Waals surface area contributed by atoms with E-state index in [-0.39, 0.29) is 18.2 Å². The van der Waals surface area contributed by atoms with Crippen LogP contribution in [0.3, 0.4) is 0 Å². The zero-order valence-corrected chi connectivity index (χ0v) is 15.4. The summed E-state index contributed by atoms with van der Waals surface area (Å²) in [4.78, 5) is 12.0. The van der Waals surface area contributed by atoms with Gasteiger partial charge in [0.05, 0.1) is 14.2 Å². The van der Waals surface area contributed by atoms with Crippen LogP contribution >= 0.6 is 0 Å². The molecule has 0 radical (unpaired) electrons. The van der Waals surface area contributed by atoms with E-state index in [1.807, 2.05) is 0 Å². The first kappa shape index (κ1) is 21.1. The summed E-state index contributed by atoms with van der Waals surface area (Å²) in [7, 11) is 3.07. The molecule has 0 saturated heterocycles. The zero-order valence-electron chi connectivity index (χ0n) is 15.4. The Kier molecular flexibility index (Phi) is 7.31. The molecule has 2 aromatic carbocycles. The minimum absolute atomic E-state index is 0.110. The SMILES string of the molecule is COc1ccc(/C=C/C(=O)NCc2ccc(OCC(F)(F)F)cc2)c(OC)c1. The molecule has 5 nitrogen and oxygen atoms in total. The van der Waals surface area contributed by atoms with Crippen LogP contribution in [-0.2, 0) is 11.3 Å². The molecule has 1 amide bonds. The molecule has 0 unspecified atom stereocenters. The fourth-order valence-corrected chi connectivity index (χ4v) is 2.24. The normalized spacial score (nSPS) is 11.3. The molecule has 2 aromatic rings. The zero-order chi connectivity index (χ0) is 20.6. The number of benzene rings is 2. The standard InChI is InChI=1S/C20H20F3NO4/c1-26-17-9-5-15(18(11-17)27-2)6-10-19(25)24-12-14-3-7-16(8-4-14)28-13-20(21,22)23/h3-11H,12-13H2,1-2H3,(H,24,25)/b10-6+. The topological polar surface area (TPSA) is 56.8 Å². The Morgan fingerprint density at radius 3 is 2.32 bits per heavy atom. The van der Waals surface area contributed by atoms with Crippen molar-refractivity contribution in [3.8, 4) is 17.2 Å². The lowest BCUT2D eigenvalue weighted by molar-refractivity contribution is -0.153. The van der Waals surface area contributed by atoms with Gasteiger partial charge in [-0.1, -0.05) is 12.1 Å². The van der Waals surface area contributed by atoms with Crippen molar-refractivity contribution in [2.75, 3.05) is 20.8 Å². The predicted molar refractivity (Wildman–Crippen MR) is 98.4 cm³/mol. The lowest BCUT2D eigenvalue weighted by Gasteiger charge is -2.09. The predicted octanol–water partition coefficient (Wildman–Crippen LogP) is 3.97. The highest BCUT2D eigenvalue weighted by atomic mass is 19.4. The highest BCUT2D eigenvalue weighted by molar-refractivity contribution is 5.92. The van der Waals surface area contributed by atoms with Crippen molar-refractivity contribution >= 4 is 12.0 Å². The maximum atomic E-state index is 12.1. The summed E-state index contributed by atoms with van der Waals surface area (Å²) in [5.41, 5.74) is 1.44. The van der Waals surface area contributed by atoms with Gasteiger partial charge in [-0.2, -0.15) is 13.2 Å². The van der Waals surface area contributed by atoms with Gasteiger partial charge in [-0.3, -0.25) is 4.79 Å². The number of hydrogen-bond donors (Lipinski definition) is 1. The summed E-state index contributed by atoms with van der Waals surface area (Å²) in [5, 5.41) is 2.69. The van der Waals surface area contributed by atoms with Crippen LogP contribution in [0.4, 0.5) is 13.2 Å². The number of ether oxygens (including phenoxy) is 3. The molecule has 0 atom stereocenters. The molecule has 0 aromatic heterocycles. The average molecular weight is 395 g/mol. The molecular formula is C20H20F3NO4. The van der Waals surface area contributed by atoms with E-state index in [1.54, 1.807) is 43.5 Å². The van der Waals surface area contributed by atoms with Gasteiger partial charge in [0.25, 0.3) is 0 Å². The summed E-state index contributed by atoms with van der Waals surface area (Å²) in [6.07, 6.45) is -1.40. The second kappa shape index (κ2) is 9.68. The summed E-state index contributed by atoms with van der Waals surface area (Å²) >= 11 is 0. The van der Waals surface area contributed by atoms with E-state index in [9.17, 15) is 18.0 Å². The number of hydrogen-bond acceptors (Lipinski definition) is 4. The van der Waals surface area contributed by atoms with Gasteiger partial charge in [0.1, 0.15) is 17.2 Å². The molecule has 1 N–H and O–H groups in total. The third kappa shape index (κ3) is 6.86. The molecule has 0 fully saturated rings. The third-order valence-corrected chi connectivity index (χ3v) is 3.65. The summed E-state index contributed by atoms with van der Waals surface area (Å²) in [6, 6.07) is 11.2. The second-order valence-electron chi connectivity index (χ2n) is 5.71. The maximum Gasteiger partial charge on any atom is 0.422 e. The maximum absolute atomic E-state index is 12.1. The van der Waals surface area contributed by atoms with E-state index in [0.717, 1.165) is 5.56 Å². The van der Waals surface area contributed by atoms with Gasteiger partial charge in [0.15, 0.2) is 6.61 Å². The number of rotatable bonds is 8. The Balaban J connectivity index is 1.88. The fraction of sp³-hybridized carbons (Fsp3) is 0.250. The lowest BCUT2D eigenvalue weighted by atomic mass is 10.1. The van der Waals surface area contributed by atoms with Crippen LogP contribution in [0.2, 0.25) is 0 Å². The van der Waals surface area contributed by atoms with Gasteiger partial charge >= 0.3 is 6.18 Å². The molecule has 0 heterocycles. The van der Waals surface area contributed by atoms with E-state index in [1.165, 1.54) is 25.3 Å². The van der Waals surface area contributed by atoms with E-state index < -0.39 is 12.8 Å². The quantitative estimate of drug-likeness (QED) is 0.687. The van der Waals surface area contributed by atoms with Crippen molar-refractivity contribution in [3.05, 3.63) is 59.7 Å². The monoisotopic (exact) mass is 395 g/mol. The van der Waals surface area contributed by atoms with Crippen molar-refractivity contribution in [3.63, 3.8) is 0 Å². The molecule has 0 aliphatic rings. The van der Waals surface area contributed by atoms with E-state index >= 15 is 0 Å². The fourth-order valence-electron chi connectivity index (χ4n) is 2.24. The molecular weight excluding hydrogens is 375 g/mol. The molecule has 150 valence electrons. The van der Waals surface area contributed by atoms with Crippen LogP contribution in [0, 0.1) is 0 Å². The van der Waals surface area contributed by atoms with Crippen molar-refractivity contribution in [1.82, 2.24) is 5.32 Å². The van der Waals surface area contributed by atoms with Crippen LogP contribution in [0.5, 0.6) is 17.2 Å². The minimum Gasteiger partial charge on any atom is -0.497 e. The lowest BCUT2D eigenvalue weighted by Crippen LogP contribution is -2.20. The molecule has 0 saturated carbocycles. The highest BCUT2D eigenvalue weighted by Gasteiger charge is 2.28. The van der Waals surface area contributed by atoms with Gasteiger partial charge in [-0.15, -0.1) is 0 Å². The van der Waals surface area contributed by atoms with Crippen LogP contribution in [-0.4, -0.2) is 32.9 Å². The number of alkyl halides is 3. The molecule has 2 rings (SSSR count). The Morgan fingerprint density at radius 2 is 1.71 bits per heavy atom. The average Bonchev–Trinajstić information content (AvgIpc) is 2.69. The second-order valence-corrected chi connectivity index (χ2v) is 5.71. The van der Waals surface area contributed by atoms with Crippen LogP contribution < -0.4 is 19.5 Å². The molecule has 28 heavy (non-hydrogen) atoms. The first-order valence-electron chi connectivity index (χ1n) is 8.27. The smallest absolute Gasteiger partial charge is 0.422 e. The molecule has 0 aliphatic carbocycles. The van der Waals surface area contributed by atoms with Gasteiger partial charge < -0.3 is 19.5 Å². The van der Waals surface area contributed by atoms with Crippen molar-refractivity contribution in [2.24, 2.45) is 0 Å². The molecule has 8 heteroatoms. The Labute approximate surface area is 160 Å². The Hall–Kier alpha value is -3.16. The highest BCUT2D eigenvalue weighted by Crippen LogP contribution is 2.25. The first-order chi connectivity index (χ1) is 13.3. The van der Waals surface area contributed by atoms with Crippen molar-refractivity contribution in [1.29, 1.82) is 0 Å². The number of carbonyl (C=O) groups is 1. The van der Waals surface area contributed by atoms with Gasteiger partial charge in [0, 0.05) is 24.3 Å². The number of carbonyl (C=O) groups excluding carboxylic acids is 1. The summed E-state index contributed by atoms with van der Waals surface area (Å²) in [6.45, 7) is -1.12. The number of nitrogens with one attached hydrogen (secondary N) is 1.